The molecule has 1 aromatic rings. The number of aliphatic carboxylic acids is 1. The summed E-state index contributed by atoms with van der Waals surface area (Å²) >= 11 is 0. The highest BCUT2D eigenvalue weighted by Crippen LogP contribution is 2.31. The molecular weight excluding hydrogens is 278 g/mol. The van der Waals surface area contributed by atoms with Crippen molar-refractivity contribution in [3.05, 3.63) is 29.8 Å². The Morgan fingerprint density at radius 2 is 2.18 bits per heavy atom. The molecule has 2 aliphatic rings. The van der Waals surface area contributed by atoms with Crippen LogP contribution in [0.4, 0.5) is 0 Å². The molecule has 0 bridgehead atoms. The first kappa shape index (κ1) is 15.3. The molecule has 3 rings (SSSR count). The molecule has 1 saturated heterocycles. The summed E-state index contributed by atoms with van der Waals surface area (Å²) in [5.41, 5.74) is 0.600. The summed E-state index contributed by atoms with van der Waals surface area (Å²) < 4.78 is 6.05. The van der Waals surface area contributed by atoms with Gasteiger partial charge in [-0.05, 0) is 63.3 Å². The summed E-state index contributed by atoms with van der Waals surface area (Å²) in [5.74, 6) is 0.262. The van der Waals surface area contributed by atoms with Crippen LogP contribution in [0.1, 0.15) is 44.6 Å². The standard InChI is InChI=1S/C18H25NO3/c1-18(17(20)21)9-10-19(13-18)12-14-5-4-8-16(11-14)22-15-6-2-3-7-15/h4-5,8,11,15H,2-3,6-7,9-10,12-13H2,1H3,(H,20,21). The molecule has 0 spiro atoms. The molecule has 1 heterocycles. The first-order valence-electron chi connectivity index (χ1n) is 8.26. The minimum absolute atomic E-state index is 0.373. The number of ether oxygens (including phenoxy) is 1. The van der Waals surface area contributed by atoms with E-state index in [9.17, 15) is 9.90 Å². The number of carboxylic acids is 1. The quantitative estimate of drug-likeness (QED) is 0.906. The van der Waals surface area contributed by atoms with Gasteiger partial charge in [0.15, 0.2) is 0 Å². The van der Waals surface area contributed by atoms with Gasteiger partial charge in [-0.25, -0.2) is 0 Å². The Bertz CT molecular complexity index is 539. The lowest BCUT2D eigenvalue weighted by molar-refractivity contribution is -0.147. The molecule has 1 N–H and O–H groups in total. The summed E-state index contributed by atoms with van der Waals surface area (Å²) in [6, 6.07) is 8.26. The second-order valence-electron chi connectivity index (χ2n) is 7.00. The third-order valence-corrected chi connectivity index (χ3v) is 4.98. The molecule has 120 valence electrons. The highest BCUT2D eigenvalue weighted by atomic mass is 16.5. The zero-order chi connectivity index (χ0) is 15.6. The Morgan fingerprint density at radius 1 is 1.41 bits per heavy atom. The molecule has 1 atom stereocenters. The lowest BCUT2D eigenvalue weighted by atomic mass is 9.90. The van der Waals surface area contributed by atoms with Gasteiger partial charge in [0.2, 0.25) is 0 Å². The number of hydrogen-bond donors (Lipinski definition) is 1. The van der Waals surface area contributed by atoms with Crippen LogP contribution < -0.4 is 4.74 Å². The van der Waals surface area contributed by atoms with Gasteiger partial charge in [0.05, 0.1) is 11.5 Å². The monoisotopic (exact) mass is 303 g/mol. The average molecular weight is 303 g/mol. The molecule has 1 aliphatic carbocycles. The van der Waals surface area contributed by atoms with Gasteiger partial charge < -0.3 is 9.84 Å². The van der Waals surface area contributed by atoms with Crippen LogP contribution in [-0.4, -0.2) is 35.2 Å². The number of carbonyl (C=O) groups is 1. The van der Waals surface area contributed by atoms with Crippen LogP contribution in [0.3, 0.4) is 0 Å². The van der Waals surface area contributed by atoms with E-state index in [2.05, 4.69) is 17.0 Å². The van der Waals surface area contributed by atoms with Crippen LogP contribution in [0.25, 0.3) is 0 Å². The maximum absolute atomic E-state index is 11.3. The number of likely N-dealkylation sites (tertiary alicyclic amines) is 1. The van der Waals surface area contributed by atoms with E-state index in [-0.39, 0.29) is 0 Å². The Kier molecular flexibility index (Phi) is 4.39. The van der Waals surface area contributed by atoms with Crippen molar-refractivity contribution in [1.29, 1.82) is 0 Å². The number of rotatable bonds is 5. The second-order valence-corrected chi connectivity index (χ2v) is 7.00. The zero-order valence-electron chi connectivity index (χ0n) is 13.3. The first-order valence-corrected chi connectivity index (χ1v) is 8.26. The van der Waals surface area contributed by atoms with Crippen molar-refractivity contribution >= 4 is 5.97 Å². The maximum Gasteiger partial charge on any atom is 0.310 e. The van der Waals surface area contributed by atoms with Crippen LogP contribution >= 0.6 is 0 Å². The zero-order valence-corrected chi connectivity index (χ0v) is 13.3. The fourth-order valence-electron chi connectivity index (χ4n) is 3.54. The number of benzene rings is 1. The highest BCUT2D eigenvalue weighted by molar-refractivity contribution is 5.74. The molecule has 1 unspecified atom stereocenters. The maximum atomic E-state index is 11.3. The summed E-state index contributed by atoms with van der Waals surface area (Å²) in [5, 5.41) is 9.31. The largest absolute Gasteiger partial charge is 0.490 e. The normalized spacial score (nSPS) is 26.4. The first-order chi connectivity index (χ1) is 10.5. The van der Waals surface area contributed by atoms with Crippen LogP contribution in [0.15, 0.2) is 24.3 Å². The predicted molar refractivity (Wildman–Crippen MR) is 85.0 cm³/mol. The minimum Gasteiger partial charge on any atom is -0.490 e. The Morgan fingerprint density at radius 3 is 2.86 bits per heavy atom. The number of carboxylic acid groups (broad SMARTS) is 1. The molecular formula is C18H25NO3. The van der Waals surface area contributed by atoms with Gasteiger partial charge in [0.25, 0.3) is 0 Å². The van der Waals surface area contributed by atoms with E-state index in [4.69, 9.17) is 4.74 Å². The molecule has 22 heavy (non-hydrogen) atoms. The number of hydrogen-bond acceptors (Lipinski definition) is 3. The molecule has 1 saturated carbocycles. The third-order valence-electron chi connectivity index (χ3n) is 4.98. The van der Waals surface area contributed by atoms with E-state index in [0.717, 1.165) is 38.1 Å². The van der Waals surface area contributed by atoms with Crippen molar-refractivity contribution in [2.24, 2.45) is 5.41 Å². The van der Waals surface area contributed by atoms with Crippen molar-refractivity contribution in [3.8, 4) is 5.75 Å². The summed E-state index contributed by atoms with van der Waals surface area (Å²) in [4.78, 5) is 13.5. The van der Waals surface area contributed by atoms with Gasteiger partial charge in [-0.15, -0.1) is 0 Å². The molecule has 4 heteroatoms. The third kappa shape index (κ3) is 3.43. The lowest BCUT2D eigenvalue weighted by Gasteiger charge is -2.20. The molecule has 4 nitrogen and oxygen atoms in total. The molecule has 0 amide bonds. The van der Waals surface area contributed by atoms with E-state index >= 15 is 0 Å². The Hall–Kier alpha value is -1.55. The Labute approximate surface area is 132 Å². The van der Waals surface area contributed by atoms with Crippen molar-refractivity contribution in [2.45, 2.75) is 51.7 Å². The summed E-state index contributed by atoms with van der Waals surface area (Å²) in [6.07, 6.45) is 5.95. The summed E-state index contributed by atoms with van der Waals surface area (Å²) in [6.45, 7) is 4.10. The van der Waals surface area contributed by atoms with Gasteiger partial charge in [-0.2, -0.15) is 0 Å². The fraction of sp³-hybridized carbons (Fsp3) is 0.611. The molecule has 1 aromatic carbocycles. The van der Waals surface area contributed by atoms with Crippen molar-refractivity contribution in [2.75, 3.05) is 13.1 Å². The van der Waals surface area contributed by atoms with Crippen LogP contribution in [0.5, 0.6) is 5.75 Å². The van der Waals surface area contributed by atoms with Crippen LogP contribution in [0.2, 0.25) is 0 Å². The van der Waals surface area contributed by atoms with Crippen molar-refractivity contribution in [1.82, 2.24) is 4.90 Å². The highest BCUT2D eigenvalue weighted by Gasteiger charge is 2.40. The van der Waals surface area contributed by atoms with Crippen LogP contribution in [-0.2, 0) is 11.3 Å². The van der Waals surface area contributed by atoms with Gasteiger partial charge in [-0.3, -0.25) is 9.69 Å². The van der Waals surface area contributed by atoms with Crippen LogP contribution in [0, 0.1) is 5.41 Å². The summed E-state index contributed by atoms with van der Waals surface area (Å²) in [7, 11) is 0. The van der Waals surface area contributed by atoms with Gasteiger partial charge >= 0.3 is 5.97 Å². The number of nitrogens with zero attached hydrogens (tertiary/aromatic N) is 1. The molecule has 1 aliphatic heterocycles. The van der Waals surface area contributed by atoms with E-state index in [0.29, 0.717) is 12.6 Å². The molecule has 0 radical (unpaired) electrons. The van der Waals surface area contributed by atoms with Gasteiger partial charge in [-0.1, -0.05) is 12.1 Å². The average Bonchev–Trinajstić information content (AvgIpc) is 3.10. The fourth-order valence-corrected chi connectivity index (χ4v) is 3.54. The predicted octanol–water partition coefficient (Wildman–Crippen LogP) is 3.30. The molecule has 2 fully saturated rings. The smallest absolute Gasteiger partial charge is 0.310 e. The van der Waals surface area contributed by atoms with E-state index in [1.54, 1.807) is 0 Å². The SMILES string of the molecule is CC1(C(=O)O)CCN(Cc2cccc(OC3CCCC3)c2)C1. The van der Waals surface area contributed by atoms with Crippen molar-refractivity contribution < 1.29 is 14.6 Å². The second kappa shape index (κ2) is 6.29. The van der Waals surface area contributed by atoms with E-state index in [1.807, 2.05) is 19.1 Å². The van der Waals surface area contributed by atoms with Gasteiger partial charge in [0, 0.05) is 13.1 Å². The lowest BCUT2D eigenvalue weighted by Crippen LogP contribution is -2.31. The molecule has 0 aromatic heterocycles. The van der Waals surface area contributed by atoms with Gasteiger partial charge in [0.1, 0.15) is 5.75 Å². The van der Waals surface area contributed by atoms with Crippen molar-refractivity contribution in [3.63, 3.8) is 0 Å². The van der Waals surface area contributed by atoms with E-state index in [1.165, 1.54) is 18.4 Å². The minimum atomic E-state index is -0.687. The van der Waals surface area contributed by atoms with E-state index < -0.39 is 11.4 Å². The Balaban J connectivity index is 1.60. The topological polar surface area (TPSA) is 49.8 Å².